The van der Waals surface area contributed by atoms with Crippen LogP contribution in [0.4, 0.5) is 0 Å². The molecule has 96 valence electrons. The second-order valence-corrected chi connectivity index (χ2v) is 4.99. The van der Waals surface area contributed by atoms with Gasteiger partial charge in [-0.15, -0.1) is 0 Å². The van der Waals surface area contributed by atoms with Crippen molar-refractivity contribution in [2.45, 2.75) is 6.42 Å². The lowest BCUT2D eigenvalue weighted by molar-refractivity contribution is -0.147. The molecule has 1 saturated carbocycles. The first-order valence-electron chi connectivity index (χ1n) is 5.99. The average molecular weight is 250 g/mol. The second-order valence-electron chi connectivity index (χ2n) is 4.99. The van der Waals surface area contributed by atoms with Gasteiger partial charge in [0.05, 0.1) is 18.9 Å². The first kappa shape index (κ1) is 11.4. The fourth-order valence-corrected chi connectivity index (χ4v) is 3.41. The molecule has 3 amide bonds. The predicted octanol–water partition coefficient (Wildman–Crippen LogP) is -0.529. The smallest absolute Gasteiger partial charge is 0.263 e. The van der Waals surface area contributed by atoms with Gasteiger partial charge < -0.3 is 0 Å². The van der Waals surface area contributed by atoms with Crippen molar-refractivity contribution in [3.63, 3.8) is 0 Å². The van der Waals surface area contributed by atoms with Crippen LogP contribution in [0.15, 0.2) is 12.2 Å². The fraction of sp³-hybridized carbons (Fsp3) is 0.583. The van der Waals surface area contributed by atoms with Gasteiger partial charge in [0.2, 0.25) is 11.8 Å². The maximum Gasteiger partial charge on any atom is 0.263 e. The van der Waals surface area contributed by atoms with Crippen LogP contribution < -0.4 is 5.48 Å². The Hall–Kier alpha value is -1.69. The minimum atomic E-state index is -0.487. The van der Waals surface area contributed by atoms with E-state index >= 15 is 0 Å². The van der Waals surface area contributed by atoms with Gasteiger partial charge in [-0.2, -0.15) is 0 Å². The second kappa shape index (κ2) is 3.91. The monoisotopic (exact) mass is 250 g/mol. The van der Waals surface area contributed by atoms with Gasteiger partial charge in [-0.1, -0.05) is 12.2 Å². The molecule has 1 saturated heterocycles. The highest BCUT2D eigenvalue weighted by molar-refractivity contribution is 6.08. The Morgan fingerprint density at radius 3 is 2.39 bits per heavy atom. The number of allylic oxidation sites excluding steroid dienone is 2. The molecular weight excluding hydrogens is 236 g/mol. The number of carbonyl (C=O) groups is 3. The van der Waals surface area contributed by atoms with Crippen molar-refractivity contribution < 1.29 is 19.2 Å². The molecule has 18 heavy (non-hydrogen) atoms. The Bertz CT molecular complexity index is 429. The van der Waals surface area contributed by atoms with Crippen molar-refractivity contribution in [2.24, 2.45) is 23.7 Å². The molecule has 1 heterocycles. The minimum Gasteiger partial charge on any atom is -0.277 e. The highest BCUT2D eigenvalue weighted by Gasteiger charge is 2.59. The number of carbonyl (C=O) groups excluding carboxylic acids is 3. The Kier molecular flexibility index (Phi) is 2.48. The molecule has 2 fully saturated rings. The minimum absolute atomic E-state index is 0.173. The summed E-state index contributed by atoms with van der Waals surface area (Å²) in [7, 11) is 1.31. The fourth-order valence-electron chi connectivity index (χ4n) is 3.41. The van der Waals surface area contributed by atoms with E-state index in [1.54, 1.807) is 0 Å². The SMILES string of the molecule is CONC(=O)CN1C(=O)[C@H]2[C@H](C1=O)[C@H]1C=C[C@H]2C1. The summed E-state index contributed by atoms with van der Waals surface area (Å²) in [4.78, 5) is 41.3. The zero-order valence-electron chi connectivity index (χ0n) is 9.96. The van der Waals surface area contributed by atoms with Gasteiger partial charge in [-0.3, -0.25) is 24.1 Å². The van der Waals surface area contributed by atoms with E-state index in [1.807, 2.05) is 12.2 Å². The number of amides is 3. The summed E-state index contributed by atoms with van der Waals surface area (Å²) in [5.41, 5.74) is 2.12. The zero-order chi connectivity index (χ0) is 12.9. The lowest BCUT2D eigenvalue weighted by Crippen LogP contribution is -2.41. The van der Waals surface area contributed by atoms with Crippen LogP contribution in [0.2, 0.25) is 0 Å². The molecular formula is C12H14N2O4. The third-order valence-electron chi connectivity index (χ3n) is 4.08. The summed E-state index contributed by atoms with van der Waals surface area (Å²) in [5, 5.41) is 0. The highest BCUT2D eigenvalue weighted by atomic mass is 16.6. The van der Waals surface area contributed by atoms with Gasteiger partial charge in [0, 0.05) is 0 Å². The van der Waals surface area contributed by atoms with Crippen LogP contribution in [0, 0.1) is 23.7 Å². The van der Waals surface area contributed by atoms with Crippen LogP contribution in [0.5, 0.6) is 0 Å². The summed E-state index contributed by atoms with van der Waals surface area (Å²) in [5.74, 6) is -1.06. The van der Waals surface area contributed by atoms with E-state index in [0.29, 0.717) is 0 Å². The van der Waals surface area contributed by atoms with E-state index in [4.69, 9.17) is 0 Å². The van der Waals surface area contributed by atoms with Crippen LogP contribution in [-0.4, -0.2) is 36.3 Å². The molecule has 3 rings (SSSR count). The number of hydrogen-bond acceptors (Lipinski definition) is 4. The van der Waals surface area contributed by atoms with Crippen LogP contribution in [0.25, 0.3) is 0 Å². The van der Waals surface area contributed by atoms with Crippen molar-refractivity contribution in [3.05, 3.63) is 12.2 Å². The first-order chi connectivity index (χ1) is 8.63. The molecule has 6 heteroatoms. The van der Waals surface area contributed by atoms with Crippen LogP contribution >= 0.6 is 0 Å². The van der Waals surface area contributed by atoms with Crippen molar-refractivity contribution in [2.75, 3.05) is 13.7 Å². The van der Waals surface area contributed by atoms with Crippen molar-refractivity contribution in [1.82, 2.24) is 10.4 Å². The molecule has 0 aromatic heterocycles. The van der Waals surface area contributed by atoms with E-state index in [2.05, 4.69) is 10.3 Å². The number of rotatable bonds is 3. The van der Waals surface area contributed by atoms with Gasteiger partial charge in [0.15, 0.2) is 0 Å². The molecule has 1 aliphatic heterocycles. The van der Waals surface area contributed by atoms with Gasteiger partial charge >= 0.3 is 0 Å². The quantitative estimate of drug-likeness (QED) is 0.415. The number of hydroxylamine groups is 1. The number of fused-ring (bicyclic) bond motifs is 5. The summed E-state index contributed by atoms with van der Waals surface area (Å²) in [6.45, 7) is -0.252. The molecule has 1 N–H and O–H groups in total. The molecule has 0 aromatic rings. The van der Waals surface area contributed by atoms with Gasteiger partial charge in [0.25, 0.3) is 5.91 Å². The standard InChI is InChI=1S/C12H14N2O4/c1-18-13-8(15)5-14-11(16)9-6-2-3-7(4-6)10(9)12(14)17/h2-3,6-7,9-10H,4-5H2,1H3,(H,13,15)/t6-,7-,9+,10+/m0/s1. The zero-order valence-corrected chi connectivity index (χ0v) is 9.96. The summed E-state index contributed by atoms with van der Waals surface area (Å²) < 4.78 is 0. The third-order valence-corrected chi connectivity index (χ3v) is 4.08. The Morgan fingerprint density at radius 1 is 1.33 bits per heavy atom. The van der Waals surface area contributed by atoms with Gasteiger partial charge in [-0.25, -0.2) is 5.48 Å². The number of nitrogens with one attached hydrogen (secondary N) is 1. The molecule has 0 spiro atoms. The van der Waals surface area contributed by atoms with Crippen LogP contribution in [0.1, 0.15) is 6.42 Å². The molecule has 4 atom stereocenters. The number of hydrogen-bond donors (Lipinski definition) is 1. The number of nitrogens with zero attached hydrogens (tertiary/aromatic N) is 1. The Labute approximate surface area is 104 Å². The van der Waals surface area contributed by atoms with Crippen molar-refractivity contribution >= 4 is 17.7 Å². The summed E-state index contributed by atoms with van der Waals surface area (Å²) in [6.07, 6.45) is 4.94. The summed E-state index contributed by atoms with van der Waals surface area (Å²) >= 11 is 0. The van der Waals surface area contributed by atoms with Crippen molar-refractivity contribution in [3.8, 4) is 0 Å². The highest BCUT2D eigenvalue weighted by Crippen LogP contribution is 2.52. The number of likely N-dealkylation sites (tertiary alicyclic amines) is 1. The largest absolute Gasteiger partial charge is 0.277 e. The van der Waals surface area contributed by atoms with E-state index in [9.17, 15) is 14.4 Å². The molecule has 2 bridgehead atoms. The van der Waals surface area contributed by atoms with Crippen molar-refractivity contribution in [1.29, 1.82) is 0 Å². The predicted molar refractivity (Wildman–Crippen MR) is 59.6 cm³/mol. The number of imide groups is 1. The van der Waals surface area contributed by atoms with E-state index < -0.39 is 5.91 Å². The lowest BCUT2D eigenvalue weighted by atomic mass is 9.85. The average Bonchev–Trinajstić information content (AvgIpc) is 2.99. The van der Waals surface area contributed by atoms with Gasteiger partial charge in [0.1, 0.15) is 6.54 Å². The molecule has 3 aliphatic rings. The van der Waals surface area contributed by atoms with E-state index in [0.717, 1.165) is 11.3 Å². The first-order valence-corrected chi connectivity index (χ1v) is 5.99. The molecule has 2 aliphatic carbocycles. The molecule has 0 aromatic carbocycles. The third kappa shape index (κ3) is 1.42. The topological polar surface area (TPSA) is 75.7 Å². The normalized spacial score (nSPS) is 36.4. The molecule has 0 radical (unpaired) electrons. The van der Waals surface area contributed by atoms with E-state index in [-0.39, 0.29) is 42.0 Å². The summed E-state index contributed by atoms with van der Waals surface area (Å²) in [6, 6.07) is 0. The van der Waals surface area contributed by atoms with Crippen LogP contribution in [-0.2, 0) is 19.2 Å². The maximum absolute atomic E-state index is 12.2. The maximum atomic E-state index is 12.2. The van der Waals surface area contributed by atoms with Gasteiger partial charge in [-0.05, 0) is 18.3 Å². The molecule has 0 unspecified atom stereocenters. The van der Waals surface area contributed by atoms with E-state index in [1.165, 1.54) is 7.11 Å². The molecule has 6 nitrogen and oxygen atoms in total. The van der Waals surface area contributed by atoms with Crippen LogP contribution in [0.3, 0.4) is 0 Å². The Morgan fingerprint density at radius 2 is 1.89 bits per heavy atom. The lowest BCUT2D eigenvalue weighted by Gasteiger charge is -2.16. The Balaban J connectivity index is 1.78.